The van der Waals surface area contributed by atoms with Crippen molar-refractivity contribution in [2.45, 2.75) is 70.1 Å². The first kappa shape index (κ1) is 14.5. The van der Waals surface area contributed by atoms with Crippen LogP contribution in [0.4, 0.5) is 0 Å². The van der Waals surface area contributed by atoms with Gasteiger partial charge >= 0.3 is 0 Å². The van der Waals surface area contributed by atoms with Crippen molar-refractivity contribution in [3.8, 4) is 0 Å². The van der Waals surface area contributed by atoms with E-state index in [9.17, 15) is 0 Å². The third kappa shape index (κ3) is 3.16. The summed E-state index contributed by atoms with van der Waals surface area (Å²) in [5.74, 6) is 0.253. The first-order chi connectivity index (χ1) is 8.75. The van der Waals surface area contributed by atoms with Gasteiger partial charge in [0.2, 0.25) is 0 Å². The molecule has 4 heteroatoms. The quantitative estimate of drug-likeness (QED) is 0.386. The van der Waals surface area contributed by atoms with Crippen LogP contribution in [0.1, 0.15) is 40.0 Å². The fraction of sp³-hybridized carbons (Fsp3) is 1.00. The molecule has 18 heavy (non-hydrogen) atoms. The van der Waals surface area contributed by atoms with E-state index in [1.54, 1.807) is 0 Å². The minimum atomic E-state index is -0.289. The van der Waals surface area contributed by atoms with Gasteiger partial charge in [-0.25, -0.2) is 0 Å². The molecule has 1 saturated heterocycles. The summed E-state index contributed by atoms with van der Waals surface area (Å²) in [4.78, 5) is 0. The molecule has 0 amide bonds. The highest BCUT2D eigenvalue weighted by Crippen LogP contribution is 2.46. The lowest BCUT2D eigenvalue weighted by Crippen LogP contribution is -2.46. The summed E-state index contributed by atoms with van der Waals surface area (Å²) in [7, 11) is -0.0622. The molecular formula is C14H28O3Si. The molecule has 2 rings (SSSR count). The van der Waals surface area contributed by atoms with Gasteiger partial charge in [-0.15, -0.1) is 0 Å². The zero-order valence-electron chi connectivity index (χ0n) is 12.1. The second-order valence-corrected chi connectivity index (χ2v) is 7.71. The molecule has 0 aromatic heterocycles. The van der Waals surface area contributed by atoms with Gasteiger partial charge in [-0.05, 0) is 39.2 Å². The van der Waals surface area contributed by atoms with E-state index in [4.69, 9.17) is 14.2 Å². The van der Waals surface area contributed by atoms with Crippen LogP contribution in [-0.4, -0.2) is 40.7 Å². The van der Waals surface area contributed by atoms with Crippen molar-refractivity contribution in [2.24, 2.45) is 5.92 Å². The minimum absolute atomic E-state index is 0.0622. The molecule has 0 N–H and O–H groups in total. The van der Waals surface area contributed by atoms with Gasteiger partial charge in [0.1, 0.15) is 0 Å². The smallest absolute Gasteiger partial charge is 0.168 e. The highest BCUT2D eigenvalue weighted by molar-refractivity contribution is 6.35. The van der Waals surface area contributed by atoms with E-state index in [1.165, 1.54) is 18.9 Å². The second-order valence-electron chi connectivity index (χ2n) is 5.50. The molecule has 2 fully saturated rings. The van der Waals surface area contributed by atoms with E-state index in [-0.39, 0.29) is 15.3 Å². The highest BCUT2D eigenvalue weighted by Gasteiger charge is 2.51. The largest absolute Gasteiger partial charge is 0.370 e. The minimum Gasteiger partial charge on any atom is -0.370 e. The van der Waals surface area contributed by atoms with Crippen molar-refractivity contribution in [3.05, 3.63) is 0 Å². The average Bonchev–Trinajstić information content (AvgIpc) is 3.14. The maximum atomic E-state index is 6.14. The second kappa shape index (κ2) is 6.50. The molecule has 2 aliphatic rings. The molecule has 0 aromatic rings. The lowest BCUT2D eigenvalue weighted by atomic mass is 9.83. The van der Waals surface area contributed by atoms with E-state index in [2.05, 4.69) is 20.8 Å². The summed E-state index contributed by atoms with van der Waals surface area (Å²) in [6.07, 6.45) is 4.62. The van der Waals surface area contributed by atoms with Crippen LogP contribution >= 0.6 is 0 Å². The van der Waals surface area contributed by atoms with Crippen LogP contribution in [0.5, 0.6) is 0 Å². The van der Waals surface area contributed by atoms with Gasteiger partial charge < -0.3 is 14.2 Å². The topological polar surface area (TPSA) is 31.0 Å². The molecule has 0 bridgehead atoms. The standard InChI is InChI=1S/C14H28O3Si/c1-4-15-14(16-5-2,10-18-6-3)11-7-8-12-13(9-11)17-12/h11-13H,4-10,18H2,1-3H3. The van der Waals surface area contributed by atoms with Crippen LogP contribution in [0.15, 0.2) is 0 Å². The van der Waals surface area contributed by atoms with Gasteiger partial charge in [0.25, 0.3) is 0 Å². The molecule has 1 saturated carbocycles. The zero-order valence-corrected chi connectivity index (χ0v) is 13.5. The van der Waals surface area contributed by atoms with Crippen LogP contribution < -0.4 is 0 Å². The fourth-order valence-corrected chi connectivity index (χ4v) is 4.88. The van der Waals surface area contributed by atoms with Crippen LogP contribution in [0.2, 0.25) is 12.1 Å². The molecule has 1 aliphatic heterocycles. The Hall–Kier alpha value is 0.0969. The molecule has 1 aliphatic carbocycles. The van der Waals surface area contributed by atoms with Crippen molar-refractivity contribution in [3.63, 3.8) is 0 Å². The molecular weight excluding hydrogens is 244 g/mol. The van der Waals surface area contributed by atoms with Gasteiger partial charge in [-0.3, -0.25) is 0 Å². The molecule has 0 radical (unpaired) electrons. The predicted octanol–water partition coefficient (Wildman–Crippen LogP) is 2.35. The van der Waals surface area contributed by atoms with Gasteiger partial charge in [0.05, 0.1) is 12.2 Å². The Morgan fingerprint density at radius 2 is 1.83 bits per heavy atom. The normalized spacial score (nSPS) is 31.8. The molecule has 3 nitrogen and oxygen atoms in total. The Balaban J connectivity index is 2.03. The Bertz CT molecular complexity index is 253. The molecule has 3 unspecified atom stereocenters. The maximum absolute atomic E-state index is 6.14. The molecule has 0 spiro atoms. The highest BCUT2D eigenvalue weighted by atomic mass is 28.2. The first-order valence-electron chi connectivity index (χ1n) is 7.69. The van der Waals surface area contributed by atoms with E-state index in [1.807, 2.05) is 0 Å². The van der Waals surface area contributed by atoms with Gasteiger partial charge in [0, 0.05) is 28.7 Å². The number of ether oxygens (including phenoxy) is 3. The lowest BCUT2D eigenvalue weighted by Gasteiger charge is -2.41. The van der Waals surface area contributed by atoms with Crippen molar-refractivity contribution in [1.29, 1.82) is 0 Å². The average molecular weight is 272 g/mol. The number of hydrogen-bond donors (Lipinski definition) is 0. The monoisotopic (exact) mass is 272 g/mol. The maximum Gasteiger partial charge on any atom is 0.168 e. The summed E-state index contributed by atoms with van der Waals surface area (Å²) in [6, 6.07) is 2.49. The summed E-state index contributed by atoms with van der Waals surface area (Å²) in [6.45, 7) is 7.96. The fourth-order valence-electron chi connectivity index (χ4n) is 3.34. The number of hydrogen-bond acceptors (Lipinski definition) is 3. The van der Waals surface area contributed by atoms with Crippen LogP contribution in [0, 0.1) is 5.92 Å². The first-order valence-corrected chi connectivity index (χ1v) is 9.69. The van der Waals surface area contributed by atoms with Crippen LogP contribution in [0.3, 0.4) is 0 Å². The number of fused-ring (bicyclic) bond motifs is 1. The van der Waals surface area contributed by atoms with Crippen LogP contribution in [0.25, 0.3) is 0 Å². The van der Waals surface area contributed by atoms with Crippen molar-refractivity contribution in [1.82, 2.24) is 0 Å². The van der Waals surface area contributed by atoms with E-state index in [0.29, 0.717) is 18.1 Å². The molecule has 0 aromatic carbocycles. The number of epoxide rings is 1. The Labute approximate surface area is 113 Å². The summed E-state index contributed by atoms with van der Waals surface area (Å²) in [5.41, 5.74) is 0. The Morgan fingerprint density at radius 3 is 2.39 bits per heavy atom. The third-order valence-corrected chi connectivity index (χ3v) is 6.04. The Kier molecular flexibility index (Phi) is 5.24. The summed E-state index contributed by atoms with van der Waals surface area (Å²) < 4.78 is 17.9. The van der Waals surface area contributed by atoms with Crippen molar-refractivity contribution >= 4 is 9.52 Å². The predicted molar refractivity (Wildman–Crippen MR) is 75.8 cm³/mol. The SMILES string of the molecule is CCOC(C[SiH2]CC)(OCC)C1CCC2OC2C1. The molecule has 1 heterocycles. The molecule has 3 atom stereocenters. The lowest BCUT2D eigenvalue weighted by molar-refractivity contribution is -0.255. The van der Waals surface area contributed by atoms with Crippen molar-refractivity contribution < 1.29 is 14.2 Å². The zero-order chi connectivity index (χ0) is 13.0. The third-order valence-electron chi connectivity index (χ3n) is 4.28. The van der Waals surface area contributed by atoms with Gasteiger partial charge in [-0.2, -0.15) is 0 Å². The summed E-state index contributed by atoms with van der Waals surface area (Å²) in [5, 5.41) is 0. The van der Waals surface area contributed by atoms with Crippen LogP contribution in [-0.2, 0) is 14.2 Å². The van der Waals surface area contributed by atoms with E-state index < -0.39 is 0 Å². The van der Waals surface area contributed by atoms with Crippen molar-refractivity contribution in [2.75, 3.05) is 13.2 Å². The van der Waals surface area contributed by atoms with Gasteiger partial charge in [-0.1, -0.05) is 13.0 Å². The molecule has 106 valence electrons. The van der Waals surface area contributed by atoms with E-state index >= 15 is 0 Å². The van der Waals surface area contributed by atoms with Gasteiger partial charge in [0.15, 0.2) is 5.79 Å². The van der Waals surface area contributed by atoms with E-state index in [0.717, 1.165) is 25.7 Å². The Morgan fingerprint density at radius 1 is 1.11 bits per heavy atom. The number of rotatable bonds is 8. The summed E-state index contributed by atoms with van der Waals surface area (Å²) >= 11 is 0.